The van der Waals surface area contributed by atoms with E-state index in [1.807, 2.05) is 0 Å². The van der Waals surface area contributed by atoms with Crippen molar-refractivity contribution in [2.24, 2.45) is 17.4 Å². The minimum atomic E-state index is -0.446. The Morgan fingerprint density at radius 3 is 2.37 bits per heavy atom. The van der Waals surface area contributed by atoms with E-state index in [0.29, 0.717) is 25.4 Å². The van der Waals surface area contributed by atoms with Crippen LogP contribution in [-0.2, 0) is 9.59 Å². The topological polar surface area (TPSA) is 89.4 Å². The lowest BCUT2D eigenvalue weighted by molar-refractivity contribution is -0.135. The average molecular weight is 271 g/mol. The number of nitrogens with zero attached hydrogens (tertiary/aromatic N) is 1. The summed E-state index contributed by atoms with van der Waals surface area (Å²) in [5.74, 6) is 0.0803. The maximum Gasteiger partial charge on any atom is 0.237 e. The molecule has 0 spiro atoms. The Hall–Kier alpha value is -1.10. The number of unbranched alkanes of at least 4 members (excludes halogenated alkanes) is 1. The molecule has 0 fully saturated rings. The lowest BCUT2D eigenvalue weighted by Gasteiger charge is -2.22. The summed E-state index contributed by atoms with van der Waals surface area (Å²) in [6.07, 6.45) is 5.21. The van der Waals surface area contributed by atoms with E-state index in [4.69, 9.17) is 11.5 Å². The first-order chi connectivity index (χ1) is 9.04. The van der Waals surface area contributed by atoms with Crippen molar-refractivity contribution in [2.45, 2.75) is 52.4 Å². The van der Waals surface area contributed by atoms with Crippen LogP contribution in [0.5, 0.6) is 0 Å². The molecule has 0 aromatic heterocycles. The molecule has 0 heterocycles. The summed E-state index contributed by atoms with van der Waals surface area (Å²) in [6, 6.07) is 0. The number of carbonyl (C=O) groups is 2. The smallest absolute Gasteiger partial charge is 0.237 e. The zero-order chi connectivity index (χ0) is 14.7. The fourth-order valence-corrected chi connectivity index (χ4v) is 2.10. The molecule has 0 aromatic rings. The van der Waals surface area contributed by atoms with Gasteiger partial charge in [0.2, 0.25) is 11.8 Å². The fraction of sp³-hybridized carbons (Fsp3) is 0.857. The van der Waals surface area contributed by atoms with Gasteiger partial charge in [0.05, 0.1) is 6.54 Å². The SMILES string of the molecule is CCCCN(CC(N)=O)C(=O)CCC(CC)CCN. The van der Waals surface area contributed by atoms with Gasteiger partial charge in [0, 0.05) is 13.0 Å². The van der Waals surface area contributed by atoms with Gasteiger partial charge in [-0.25, -0.2) is 0 Å². The van der Waals surface area contributed by atoms with Crippen molar-refractivity contribution in [3.8, 4) is 0 Å². The predicted molar refractivity (Wildman–Crippen MR) is 77.4 cm³/mol. The normalized spacial score (nSPS) is 12.2. The van der Waals surface area contributed by atoms with Gasteiger partial charge in [0.15, 0.2) is 0 Å². The highest BCUT2D eigenvalue weighted by Gasteiger charge is 2.16. The van der Waals surface area contributed by atoms with Crippen LogP contribution in [0, 0.1) is 5.92 Å². The molecule has 0 saturated carbocycles. The van der Waals surface area contributed by atoms with E-state index in [2.05, 4.69) is 13.8 Å². The molecular formula is C14H29N3O2. The quantitative estimate of drug-likeness (QED) is 0.592. The summed E-state index contributed by atoms with van der Waals surface area (Å²) in [5.41, 5.74) is 10.7. The molecule has 0 rings (SSSR count). The standard InChI is InChI=1S/C14H29N3O2/c1-3-5-10-17(11-13(16)18)14(19)7-6-12(4-2)8-9-15/h12H,3-11,15H2,1-2H3,(H2,16,18). The van der Waals surface area contributed by atoms with Crippen LogP contribution in [-0.4, -0.2) is 36.3 Å². The number of nitrogens with two attached hydrogens (primary N) is 2. The second kappa shape index (κ2) is 10.8. The zero-order valence-corrected chi connectivity index (χ0v) is 12.4. The van der Waals surface area contributed by atoms with E-state index in [1.54, 1.807) is 4.90 Å². The van der Waals surface area contributed by atoms with Crippen molar-refractivity contribution >= 4 is 11.8 Å². The van der Waals surface area contributed by atoms with Crippen molar-refractivity contribution in [3.63, 3.8) is 0 Å². The summed E-state index contributed by atoms with van der Waals surface area (Å²) < 4.78 is 0. The maximum atomic E-state index is 12.1. The van der Waals surface area contributed by atoms with E-state index in [0.717, 1.165) is 32.1 Å². The Labute approximate surface area is 116 Å². The largest absolute Gasteiger partial charge is 0.368 e. The Bertz CT molecular complexity index is 269. The molecule has 5 nitrogen and oxygen atoms in total. The number of hydrogen-bond donors (Lipinski definition) is 2. The minimum Gasteiger partial charge on any atom is -0.368 e. The molecule has 0 aliphatic rings. The number of carbonyl (C=O) groups excluding carboxylic acids is 2. The van der Waals surface area contributed by atoms with E-state index < -0.39 is 5.91 Å². The number of rotatable bonds is 11. The second-order valence-corrected chi connectivity index (χ2v) is 5.03. The van der Waals surface area contributed by atoms with Gasteiger partial charge in [-0.05, 0) is 31.7 Å². The van der Waals surface area contributed by atoms with E-state index in [1.165, 1.54) is 0 Å². The molecular weight excluding hydrogens is 242 g/mol. The number of hydrogen-bond acceptors (Lipinski definition) is 3. The van der Waals surface area contributed by atoms with Crippen LogP contribution < -0.4 is 11.5 Å². The van der Waals surface area contributed by atoms with Crippen LogP contribution in [0.2, 0.25) is 0 Å². The van der Waals surface area contributed by atoms with Crippen LogP contribution in [0.25, 0.3) is 0 Å². The molecule has 0 saturated heterocycles. The van der Waals surface area contributed by atoms with Crippen molar-refractivity contribution in [1.82, 2.24) is 4.90 Å². The summed E-state index contributed by atoms with van der Waals surface area (Å²) in [4.78, 5) is 24.7. The van der Waals surface area contributed by atoms with Crippen LogP contribution in [0.1, 0.15) is 52.4 Å². The van der Waals surface area contributed by atoms with Crippen molar-refractivity contribution in [3.05, 3.63) is 0 Å². The van der Waals surface area contributed by atoms with Crippen LogP contribution in [0.4, 0.5) is 0 Å². The third-order valence-electron chi connectivity index (χ3n) is 3.40. The Morgan fingerprint density at radius 1 is 1.21 bits per heavy atom. The van der Waals surface area contributed by atoms with E-state index >= 15 is 0 Å². The number of primary amides is 1. The molecule has 0 radical (unpaired) electrons. The molecule has 5 heteroatoms. The lowest BCUT2D eigenvalue weighted by Crippen LogP contribution is -2.39. The van der Waals surface area contributed by atoms with Gasteiger partial charge < -0.3 is 16.4 Å². The summed E-state index contributed by atoms with van der Waals surface area (Å²) >= 11 is 0. The molecule has 1 unspecified atom stereocenters. The monoisotopic (exact) mass is 271 g/mol. The lowest BCUT2D eigenvalue weighted by atomic mass is 9.96. The Kier molecular flexibility index (Phi) is 10.2. The molecule has 4 N–H and O–H groups in total. The molecule has 112 valence electrons. The van der Waals surface area contributed by atoms with Gasteiger partial charge >= 0.3 is 0 Å². The molecule has 0 aliphatic carbocycles. The number of amides is 2. The molecule has 0 aromatic carbocycles. The first-order valence-corrected chi connectivity index (χ1v) is 7.31. The first kappa shape index (κ1) is 17.9. The fourth-order valence-electron chi connectivity index (χ4n) is 2.10. The third-order valence-corrected chi connectivity index (χ3v) is 3.40. The molecule has 0 bridgehead atoms. The molecule has 2 amide bonds. The third kappa shape index (κ3) is 8.59. The molecule has 0 aliphatic heterocycles. The molecule has 1 atom stereocenters. The highest BCUT2D eigenvalue weighted by Crippen LogP contribution is 2.15. The summed E-state index contributed by atoms with van der Waals surface area (Å²) in [7, 11) is 0. The van der Waals surface area contributed by atoms with Gasteiger partial charge in [-0.3, -0.25) is 9.59 Å². The van der Waals surface area contributed by atoms with Gasteiger partial charge in [0.1, 0.15) is 0 Å². The zero-order valence-electron chi connectivity index (χ0n) is 12.4. The maximum absolute atomic E-state index is 12.1. The summed E-state index contributed by atoms with van der Waals surface area (Å²) in [6.45, 7) is 5.48. The van der Waals surface area contributed by atoms with Gasteiger partial charge in [-0.2, -0.15) is 0 Å². The van der Waals surface area contributed by atoms with Gasteiger partial charge in [-0.15, -0.1) is 0 Å². The Morgan fingerprint density at radius 2 is 1.89 bits per heavy atom. The van der Waals surface area contributed by atoms with E-state index in [-0.39, 0.29) is 12.5 Å². The van der Waals surface area contributed by atoms with Crippen LogP contribution >= 0.6 is 0 Å². The minimum absolute atomic E-state index is 0.0303. The van der Waals surface area contributed by atoms with Crippen LogP contribution in [0.3, 0.4) is 0 Å². The molecule has 19 heavy (non-hydrogen) atoms. The predicted octanol–water partition coefficient (Wildman–Crippen LogP) is 1.26. The highest BCUT2D eigenvalue weighted by atomic mass is 16.2. The summed E-state index contributed by atoms with van der Waals surface area (Å²) in [5, 5.41) is 0. The van der Waals surface area contributed by atoms with Gasteiger partial charge in [0.25, 0.3) is 0 Å². The van der Waals surface area contributed by atoms with Crippen molar-refractivity contribution in [2.75, 3.05) is 19.6 Å². The van der Waals surface area contributed by atoms with Crippen molar-refractivity contribution in [1.29, 1.82) is 0 Å². The van der Waals surface area contributed by atoms with E-state index in [9.17, 15) is 9.59 Å². The average Bonchev–Trinajstić information content (AvgIpc) is 2.38. The Balaban J connectivity index is 4.25. The van der Waals surface area contributed by atoms with Crippen molar-refractivity contribution < 1.29 is 9.59 Å². The first-order valence-electron chi connectivity index (χ1n) is 7.31. The van der Waals surface area contributed by atoms with Crippen LogP contribution in [0.15, 0.2) is 0 Å². The van der Waals surface area contributed by atoms with Gasteiger partial charge in [-0.1, -0.05) is 26.7 Å². The highest BCUT2D eigenvalue weighted by molar-refractivity contribution is 5.83. The second-order valence-electron chi connectivity index (χ2n) is 5.03.